The van der Waals surface area contributed by atoms with E-state index in [0.29, 0.717) is 42.4 Å². The lowest BCUT2D eigenvalue weighted by Gasteiger charge is -2.20. The highest BCUT2D eigenvalue weighted by atomic mass is 35.5. The molecule has 0 spiro atoms. The minimum atomic E-state index is -3.92. The summed E-state index contributed by atoms with van der Waals surface area (Å²) >= 11 is 0. The Hall–Kier alpha value is -15.6. The number of quaternary nitrogens is 3. The molecule has 0 bridgehead atoms. The van der Waals surface area contributed by atoms with E-state index in [1.54, 1.807) is 0 Å². The molecule has 9 amide bonds. The minimum Gasteiger partial charge on any atom is -1.00 e. The monoisotopic (exact) mass is 1930 g/mol. The molecule has 12 N–H and O–H groups in total. The Morgan fingerprint density at radius 1 is 0.209 bits per heavy atom. The van der Waals surface area contributed by atoms with Gasteiger partial charge in [0.25, 0.3) is 0 Å². The molecule has 0 fully saturated rings. The first-order valence-corrected chi connectivity index (χ1v) is 48.0. The lowest BCUT2D eigenvalue weighted by atomic mass is 10.1. The summed E-state index contributed by atoms with van der Waals surface area (Å²) in [5.41, 5.74) is 20.0. The fourth-order valence-corrected chi connectivity index (χ4v) is 14.6. The number of carbonyl (C=O) groups excluding carboxylic acids is 6. The fourth-order valence-electron chi connectivity index (χ4n) is 14.6. The zero-order valence-corrected chi connectivity index (χ0v) is 78.9. The SMILES string of the molecule is CS(=O)(=O)[O-].CS(=O)(=O)[O-].O=C(Cc1ccc(C[NH+](Cc2ccccc2)Cc2ccc(NC(=O)Nc3ccc(F)cc3)cc2)cc1)Nc1ccc(F)cc1.O=C(Cc1ccc(C[NH+](Cc2ccccc2)Cc2ccc(NC(=O)Nc3ccccc3)cc2)cc1)Nc1ccccc1.O=C(Cc1ccc(C[NH+](Cc2ccccc2)Cc2ccc(NC(=O)Nc3ccccc3)cc2)cc1)Nc1ccccc1.[Cl-]. The van der Waals surface area contributed by atoms with Crippen LogP contribution in [0, 0.1) is 11.6 Å². The highest BCUT2D eigenvalue weighted by Crippen LogP contribution is 2.20. The van der Waals surface area contributed by atoms with Gasteiger partial charge in [-0.2, -0.15) is 0 Å². The third-order valence-corrected chi connectivity index (χ3v) is 20.8. The Balaban J connectivity index is 0.000000204. The highest BCUT2D eigenvalue weighted by molar-refractivity contribution is 7.85. The van der Waals surface area contributed by atoms with Crippen LogP contribution < -0.4 is 75.0 Å². The number of amides is 9. The van der Waals surface area contributed by atoms with Gasteiger partial charge in [0.05, 0.1) is 39.5 Å². The molecule has 139 heavy (non-hydrogen) atoms. The third kappa shape index (κ3) is 42.4. The largest absolute Gasteiger partial charge is 1.00 e. The molecule has 0 saturated carbocycles. The van der Waals surface area contributed by atoms with E-state index in [4.69, 9.17) is 25.9 Å². The van der Waals surface area contributed by atoms with Crippen molar-refractivity contribution >= 4 is 107 Å². The van der Waals surface area contributed by atoms with Crippen LogP contribution in [0.5, 0.6) is 0 Å². The van der Waals surface area contributed by atoms with E-state index in [9.17, 15) is 37.5 Å². The number of nitrogens with one attached hydrogen (secondary N) is 12. The molecule has 15 aromatic carbocycles. The standard InChI is InChI=1S/C36H32F2N4O2.2C36H34N4O2.2CH4O3S.ClH/c37-30-12-18-32(19-13-30)39-35(43)22-26-6-8-28(9-7-26)24-42(23-27-4-2-1-3-5-27)25-29-10-16-33(17-11-29)40-36(44)41-34-20-14-31(38)15-21-34;2*41-35(37-32-12-6-2-7-13-32)24-28-16-18-30(19-17-28)26-40(25-29-10-4-1-5-11-29)27-31-20-22-34(23-21-31)39-36(42)38-33-14-8-3-9-15-33;2*1-5(2,3)4;/h1-21H,22-25H2,(H,39,43)(H2,40,41,44);2*1-23H,24-27H2,(H,37,41)(H2,38,39,42);2*1H3,(H,2,3,4);1H. The Bertz CT molecular complexity index is 5950. The molecular formula is C110H109ClF2N12O12S2. The smallest absolute Gasteiger partial charge is 0.323 e. The lowest BCUT2D eigenvalue weighted by Crippen LogP contribution is -3.08. The molecular weight excluding hydrogens is 1820 g/mol. The zero-order chi connectivity index (χ0) is 97.7. The number of carbonyl (C=O) groups is 6. The van der Waals surface area contributed by atoms with Gasteiger partial charge in [-0.1, -0.05) is 273 Å². The molecule has 3 unspecified atom stereocenters. The van der Waals surface area contributed by atoms with Gasteiger partial charge in [0.2, 0.25) is 17.7 Å². The van der Waals surface area contributed by atoms with E-state index < -0.39 is 26.3 Å². The summed E-state index contributed by atoms with van der Waals surface area (Å²) in [5.74, 6) is -0.927. The number of rotatable bonds is 33. The van der Waals surface area contributed by atoms with Gasteiger partial charge in [-0.05, 0) is 150 Å². The highest BCUT2D eigenvalue weighted by Gasteiger charge is 2.19. The van der Waals surface area contributed by atoms with E-state index in [1.807, 2.05) is 237 Å². The number of hydrogen-bond donors (Lipinski definition) is 12. The Morgan fingerprint density at radius 3 is 0.525 bits per heavy atom. The maximum Gasteiger partial charge on any atom is 0.323 e. The van der Waals surface area contributed by atoms with Crippen molar-refractivity contribution in [1.29, 1.82) is 0 Å². The molecule has 15 rings (SSSR count). The summed E-state index contributed by atoms with van der Waals surface area (Å²) < 4.78 is 80.7. The van der Waals surface area contributed by atoms with Gasteiger partial charge in [0.15, 0.2) is 0 Å². The summed E-state index contributed by atoms with van der Waals surface area (Å²) in [7, 11) is -7.83. The Labute approximate surface area is 815 Å². The molecule has 0 heterocycles. The molecule has 714 valence electrons. The van der Waals surface area contributed by atoms with Crippen LogP contribution in [0.3, 0.4) is 0 Å². The second-order valence-corrected chi connectivity index (χ2v) is 35.5. The van der Waals surface area contributed by atoms with Gasteiger partial charge < -0.3 is 84.1 Å². The van der Waals surface area contributed by atoms with E-state index in [0.717, 1.165) is 121 Å². The Kier molecular flexibility index (Phi) is 42.0. The summed E-state index contributed by atoms with van der Waals surface area (Å²) in [4.78, 5) is 78.6. The van der Waals surface area contributed by atoms with Gasteiger partial charge in [-0.25, -0.2) is 40.0 Å². The van der Waals surface area contributed by atoms with Crippen LogP contribution in [0.25, 0.3) is 0 Å². The van der Waals surface area contributed by atoms with E-state index in [-0.39, 0.29) is 60.2 Å². The normalized spacial score (nSPS) is 11.3. The van der Waals surface area contributed by atoms with E-state index >= 15 is 0 Å². The summed E-state index contributed by atoms with van der Waals surface area (Å²) in [6.07, 6.45) is 2.10. The van der Waals surface area contributed by atoms with Gasteiger partial charge in [0.1, 0.15) is 70.5 Å². The average Bonchev–Trinajstić information content (AvgIpc) is 0.862. The van der Waals surface area contributed by atoms with Gasteiger partial charge in [-0.3, -0.25) is 14.4 Å². The van der Waals surface area contributed by atoms with Crippen LogP contribution >= 0.6 is 0 Å². The van der Waals surface area contributed by atoms with Gasteiger partial charge >= 0.3 is 18.1 Å². The lowest BCUT2D eigenvalue weighted by molar-refractivity contribution is -0.941. The van der Waals surface area contributed by atoms with Crippen LogP contribution in [-0.4, -0.2) is 74.3 Å². The van der Waals surface area contributed by atoms with Crippen LogP contribution in [0.1, 0.15) is 66.8 Å². The predicted molar refractivity (Wildman–Crippen MR) is 539 cm³/mol. The molecule has 0 aromatic heterocycles. The first-order chi connectivity index (χ1) is 66.5. The summed E-state index contributed by atoms with van der Waals surface area (Å²) in [6.45, 7) is 7.44. The van der Waals surface area contributed by atoms with Crippen molar-refractivity contribution in [2.24, 2.45) is 0 Å². The third-order valence-electron chi connectivity index (χ3n) is 20.8. The van der Waals surface area contributed by atoms with Crippen molar-refractivity contribution in [3.63, 3.8) is 0 Å². The molecule has 0 aliphatic rings. The van der Waals surface area contributed by atoms with Crippen LogP contribution in [0.15, 0.2) is 406 Å². The zero-order valence-electron chi connectivity index (χ0n) is 76.5. The van der Waals surface area contributed by atoms with Crippen molar-refractivity contribution in [2.45, 2.75) is 78.2 Å². The summed E-state index contributed by atoms with van der Waals surface area (Å²) in [5, 5.41) is 25.7. The maximum absolute atomic E-state index is 13.1. The van der Waals surface area contributed by atoms with Crippen LogP contribution in [0.2, 0.25) is 0 Å². The summed E-state index contributed by atoms with van der Waals surface area (Å²) in [6, 6.07) is 128. The van der Waals surface area contributed by atoms with Crippen molar-refractivity contribution in [2.75, 3.05) is 60.4 Å². The minimum absolute atomic E-state index is 0. The first kappa shape index (κ1) is 105. The fraction of sp³-hybridized carbons (Fsp3) is 0.127. The molecule has 3 atom stereocenters. The maximum atomic E-state index is 13.1. The number of urea groups is 3. The van der Waals surface area contributed by atoms with Crippen LogP contribution in [0.4, 0.5) is 74.4 Å². The second-order valence-electron chi connectivity index (χ2n) is 32.6. The van der Waals surface area contributed by atoms with Crippen molar-refractivity contribution in [3.05, 3.63) is 485 Å². The second kappa shape index (κ2) is 55.4. The number of para-hydroxylation sites is 4. The topological polar surface area (TPSA) is 338 Å². The first-order valence-electron chi connectivity index (χ1n) is 44.4. The molecule has 24 nitrogen and oxygen atoms in total. The Morgan fingerprint density at radius 2 is 0.338 bits per heavy atom. The molecule has 0 saturated heterocycles. The van der Waals surface area contributed by atoms with E-state index in [2.05, 4.69) is 169 Å². The quantitative estimate of drug-likeness (QED) is 0.0171. The number of hydrogen-bond acceptors (Lipinski definition) is 12. The molecule has 0 aliphatic carbocycles. The average molecular weight is 1930 g/mol. The van der Waals surface area contributed by atoms with Gasteiger partial charge in [0, 0.05) is 114 Å². The predicted octanol–water partition coefficient (Wildman–Crippen LogP) is 14.5. The van der Waals surface area contributed by atoms with Crippen molar-refractivity contribution < 1.29 is 90.6 Å². The number of anilines is 9. The molecule has 29 heteroatoms. The van der Waals surface area contributed by atoms with Gasteiger partial charge in [-0.15, -0.1) is 0 Å². The van der Waals surface area contributed by atoms with E-state index in [1.165, 1.54) is 102 Å². The number of benzene rings is 15. The number of halogens is 3. The molecule has 0 radical (unpaired) electrons. The molecule has 0 aliphatic heterocycles. The molecule has 15 aromatic rings. The van der Waals surface area contributed by atoms with Crippen molar-refractivity contribution in [1.82, 2.24) is 0 Å². The van der Waals surface area contributed by atoms with Crippen LogP contribution in [-0.2, 0) is 113 Å². The van der Waals surface area contributed by atoms with Crippen molar-refractivity contribution in [3.8, 4) is 0 Å².